The second kappa shape index (κ2) is 8.16. The molecule has 8 heteroatoms. The summed E-state index contributed by atoms with van der Waals surface area (Å²) in [5.74, 6) is -0.977. The molecule has 0 spiro atoms. The number of hydrogen-bond donors (Lipinski definition) is 3. The van der Waals surface area contributed by atoms with Crippen molar-refractivity contribution in [2.24, 2.45) is 22.6 Å². The van der Waals surface area contributed by atoms with Crippen LogP contribution >= 0.6 is 11.8 Å². The van der Waals surface area contributed by atoms with Gasteiger partial charge in [-0.3, -0.25) is 9.79 Å². The van der Waals surface area contributed by atoms with Gasteiger partial charge in [-0.05, 0) is 30.0 Å². The molecule has 2 fully saturated rings. The van der Waals surface area contributed by atoms with E-state index >= 15 is 0 Å². The minimum absolute atomic E-state index is 0.145. The maximum absolute atomic E-state index is 13.2. The van der Waals surface area contributed by atoms with E-state index < -0.39 is 30.1 Å². The maximum atomic E-state index is 13.2. The van der Waals surface area contributed by atoms with E-state index in [1.165, 1.54) is 23.9 Å². The quantitative estimate of drug-likeness (QED) is 0.699. The molecule has 1 saturated carbocycles. The van der Waals surface area contributed by atoms with Crippen LogP contribution in [0.2, 0.25) is 0 Å². The minimum Gasteiger partial charge on any atom is -0.390 e. The Kier molecular flexibility index (Phi) is 6.08. The molecule has 0 bridgehead atoms. The number of fused-ring (bicyclic) bond motifs is 1. The van der Waals surface area contributed by atoms with E-state index in [0.717, 1.165) is 10.7 Å². The highest BCUT2D eigenvalue weighted by atomic mass is 32.2. The molecule has 1 aromatic carbocycles. The fourth-order valence-corrected chi connectivity index (χ4v) is 5.22. The van der Waals surface area contributed by atoms with Crippen LogP contribution in [-0.2, 0) is 11.3 Å². The molecule has 2 aliphatic rings. The zero-order valence-electron chi connectivity index (χ0n) is 15.5. The first-order valence-electron chi connectivity index (χ1n) is 9.15. The first-order chi connectivity index (χ1) is 12.8. The number of primary amides is 1. The number of rotatable bonds is 5. The Morgan fingerprint density at radius 2 is 2.04 bits per heavy atom. The van der Waals surface area contributed by atoms with Crippen molar-refractivity contribution in [2.75, 3.05) is 6.54 Å². The van der Waals surface area contributed by atoms with Crippen molar-refractivity contribution >= 4 is 22.8 Å². The number of aliphatic hydroxyl groups excluding tert-OH is 2. The number of aliphatic imine (C=N–C) groups is 1. The Morgan fingerprint density at radius 1 is 1.37 bits per heavy atom. The van der Waals surface area contributed by atoms with Crippen LogP contribution < -0.4 is 5.73 Å². The largest absolute Gasteiger partial charge is 0.390 e. The lowest BCUT2D eigenvalue weighted by atomic mass is 9.80. The Labute approximate surface area is 162 Å². The number of benzene rings is 1. The number of amidine groups is 1. The van der Waals surface area contributed by atoms with Crippen molar-refractivity contribution in [3.63, 3.8) is 0 Å². The Morgan fingerprint density at radius 3 is 2.63 bits per heavy atom. The average Bonchev–Trinajstić information content (AvgIpc) is 2.96. The van der Waals surface area contributed by atoms with Gasteiger partial charge in [-0.15, -0.1) is 0 Å². The number of halogens is 1. The summed E-state index contributed by atoms with van der Waals surface area (Å²) in [6.45, 7) is 5.14. The second-order valence-corrected chi connectivity index (χ2v) is 8.79. The SMILES string of the molecule is CC(C)CN=C1S[C@H]2[C@H]([C@@H](O)[C@H](O)C[C@@H]2C(N)=O)N1Cc1ccc(F)cc1. The van der Waals surface area contributed by atoms with Gasteiger partial charge < -0.3 is 20.8 Å². The van der Waals surface area contributed by atoms with Crippen molar-refractivity contribution in [1.82, 2.24) is 4.90 Å². The fraction of sp³-hybridized carbons (Fsp3) is 0.579. The first-order valence-corrected chi connectivity index (χ1v) is 10.0. The van der Waals surface area contributed by atoms with Crippen LogP contribution in [0.25, 0.3) is 0 Å². The second-order valence-electron chi connectivity index (χ2n) is 7.65. The summed E-state index contributed by atoms with van der Waals surface area (Å²) in [6.07, 6.45) is -1.89. The van der Waals surface area contributed by atoms with Gasteiger partial charge in [0.1, 0.15) is 11.9 Å². The minimum atomic E-state index is -1.02. The average molecular weight is 396 g/mol. The van der Waals surface area contributed by atoms with E-state index in [1.54, 1.807) is 12.1 Å². The summed E-state index contributed by atoms with van der Waals surface area (Å²) in [5.41, 5.74) is 6.43. The molecule has 3 rings (SSSR count). The van der Waals surface area contributed by atoms with E-state index in [-0.39, 0.29) is 17.5 Å². The van der Waals surface area contributed by atoms with E-state index in [0.29, 0.717) is 19.0 Å². The van der Waals surface area contributed by atoms with Gasteiger partial charge in [-0.25, -0.2) is 4.39 Å². The smallest absolute Gasteiger partial charge is 0.221 e. The molecule has 0 radical (unpaired) electrons. The lowest BCUT2D eigenvalue weighted by molar-refractivity contribution is -0.128. The molecule has 1 saturated heterocycles. The summed E-state index contributed by atoms with van der Waals surface area (Å²) >= 11 is 1.44. The predicted octanol–water partition coefficient (Wildman–Crippen LogP) is 1.35. The highest BCUT2D eigenvalue weighted by Gasteiger charge is 2.54. The number of nitrogens with two attached hydrogens (primary N) is 1. The molecule has 1 amide bonds. The Hall–Kier alpha value is -1.64. The number of carbonyl (C=O) groups is 1. The van der Waals surface area contributed by atoms with Crippen molar-refractivity contribution in [2.45, 2.75) is 50.3 Å². The van der Waals surface area contributed by atoms with E-state index in [2.05, 4.69) is 18.8 Å². The van der Waals surface area contributed by atoms with Gasteiger partial charge in [-0.2, -0.15) is 0 Å². The normalized spacial score (nSPS) is 32.1. The van der Waals surface area contributed by atoms with Gasteiger partial charge in [0.15, 0.2) is 5.17 Å². The van der Waals surface area contributed by atoms with Crippen LogP contribution in [0.15, 0.2) is 29.3 Å². The summed E-state index contributed by atoms with van der Waals surface area (Å²) in [6, 6.07) is 5.67. The zero-order valence-corrected chi connectivity index (χ0v) is 16.3. The monoisotopic (exact) mass is 395 g/mol. The Balaban J connectivity index is 1.94. The molecular formula is C19H26FN3O3S. The van der Waals surface area contributed by atoms with Crippen LogP contribution in [0.4, 0.5) is 4.39 Å². The standard InChI is InChI=1S/C19H26FN3O3S/c1-10(2)8-22-19-23(9-11-3-5-12(20)6-4-11)15-16(25)14(24)7-13(18(21)26)17(15)27-19/h3-6,10,13-17,24-25H,7-9H2,1-2H3,(H2,21,26)/t13-,14+,15-,16-,17+/m0/s1. The lowest BCUT2D eigenvalue weighted by Crippen LogP contribution is -2.58. The third-order valence-electron chi connectivity index (χ3n) is 5.04. The number of carbonyl (C=O) groups excluding carboxylic acids is 1. The summed E-state index contributed by atoms with van der Waals surface area (Å²) in [7, 11) is 0. The van der Waals surface area contributed by atoms with Gasteiger partial charge in [0.25, 0.3) is 0 Å². The molecule has 1 aliphatic heterocycles. The molecule has 148 valence electrons. The van der Waals surface area contributed by atoms with Crippen LogP contribution in [0, 0.1) is 17.7 Å². The highest BCUT2D eigenvalue weighted by molar-refractivity contribution is 8.14. The molecule has 1 aromatic rings. The van der Waals surface area contributed by atoms with Gasteiger partial charge in [0.2, 0.25) is 5.91 Å². The van der Waals surface area contributed by atoms with Crippen molar-refractivity contribution in [1.29, 1.82) is 0 Å². The molecule has 5 atom stereocenters. The maximum Gasteiger partial charge on any atom is 0.221 e. The summed E-state index contributed by atoms with van der Waals surface area (Å²) < 4.78 is 13.2. The number of amides is 1. The number of hydrogen-bond acceptors (Lipinski definition) is 5. The van der Waals surface area contributed by atoms with Crippen LogP contribution in [0.5, 0.6) is 0 Å². The third kappa shape index (κ3) is 4.28. The molecule has 27 heavy (non-hydrogen) atoms. The van der Waals surface area contributed by atoms with E-state index in [4.69, 9.17) is 5.73 Å². The molecule has 0 aromatic heterocycles. The molecule has 0 unspecified atom stereocenters. The molecule has 4 N–H and O–H groups in total. The van der Waals surface area contributed by atoms with Gasteiger partial charge in [0.05, 0.1) is 18.1 Å². The summed E-state index contributed by atoms with van der Waals surface area (Å²) in [5, 5.41) is 21.4. The third-order valence-corrected chi connectivity index (χ3v) is 6.50. The fourth-order valence-electron chi connectivity index (χ4n) is 3.65. The van der Waals surface area contributed by atoms with E-state index in [1.807, 2.05) is 4.90 Å². The van der Waals surface area contributed by atoms with E-state index in [9.17, 15) is 19.4 Å². The Bertz CT molecular complexity index is 713. The lowest BCUT2D eigenvalue weighted by Gasteiger charge is -2.41. The highest BCUT2D eigenvalue weighted by Crippen LogP contribution is 2.44. The van der Waals surface area contributed by atoms with Gasteiger partial charge in [0, 0.05) is 18.3 Å². The van der Waals surface area contributed by atoms with Gasteiger partial charge in [-0.1, -0.05) is 37.7 Å². The topological polar surface area (TPSA) is 99.1 Å². The van der Waals surface area contributed by atoms with Gasteiger partial charge >= 0.3 is 0 Å². The van der Waals surface area contributed by atoms with Crippen molar-refractivity contribution in [3.05, 3.63) is 35.6 Å². The van der Waals surface area contributed by atoms with Crippen LogP contribution in [0.3, 0.4) is 0 Å². The first kappa shape index (κ1) is 20.1. The number of thioether (sulfide) groups is 1. The van der Waals surface area contributed by atoms with Crippen LogP contribution in [-0.4, -0.2) is 56.2 Å². The number of nitrogens with zero attached hydrogens (tertiary/aromatic N) is 2. The summed E-state index contributed by atoms with van der Waals surface area (Å²) in [4.78, 5) is 18.5. The van der Waals surface area contributed by atoms with Crippen molar-refractivity contribution < 1.29 is 19.4 Å². The van der Waals surface area contributed by atoms with Crippen molar-refractivity contribution in [3.8, 4) is 0 Å². The predicted molar refractivity (Wildman–Crippen MR) is 104 cm³/mol. The molecule has 1 heterocycles. The number of aliphatic hydroxyl groups is 2. The molecule has 6 nitrogen and oxygen atoms in total. The van der Waals surface area contributed by atoms with Crippen LogP contribution in [0.1, 0.15) is 25.8 Å². The molecule has 1 aliphatic carbocycles. The zero-order chi connectivity index (χ0) is 19.7. The molecular weight excluding hydrogens is 369 g/mol.